The highest BCUT2D eigenvalue weighted by molar-refractivity contribution is 7.07. The Morgan fingerprint density at radius 1 is 1.40 bits per heavy atom. The number of methoxy groups -OCH3 is 1. The van der Waals surface area contributed by atoms with E-state index in [1.165, 1.54) is 23.2 Å². The van der Waals surface area contributed by atoms with E-state index in [0.717, 1.165) is 31.6 Å². The van der Waals surface area contributed by atoms with Crippen molar-refractivity contribution in [3.05, 3.63) is 45.9 Å². The average molecular weight is 288 g/mol. The monoisotopic (exact) mass is 288 g/mol. The van der Waals surface area contributed by atoms with Gasteiger partial charge in [-0.1, -0.05) is 6.07 Å². The number of ether oxygens (including phenoxy) is 1. The van der Waals surface area contributed by atoms with E-state index in [9.17, 15) is 0 Å². The maximum atomic E-state index is 5.32. The van der Waals surface area contributed by atoms with Crippen molar-refractivity contribution in [3.63, 3.8) is 0 Å². The van der Waals surface area contributed by atoms with Crippen LogP contribution in [0.25, 0.3) is 0 Å². The van der Waals surface area contributed by atoms with E-state index in [1.807, 2.05) is 5.51 Å². The van der Waals surface area contributed by atoms with E-state index in [1.54, 1.807) is 18.4 Å². The molecule has 1 N–H and O–H groups in total. The van der Waals surface area contributed by atoms with E-state index in [0.29, 0.717) is 6.04 Å². The minimum Gasteiger partial charge on any atom is -0.497 e. The Kier molecular flexibility index (Phi) is 4.33. The number of hydrogen-bond acceptors (Lipinski definition) is 4. The quantitative estimate of drug-likeness (QED) is 0.918. The van der Waals surface area contributed by atoms with Gasteiger partial charge in [-0.3, -0.25) is 0 Å². The Labute approximate surface area is 124 Å². The van der Waals surface area contributed by atoms with E-state index in [4.69, 9.17) is 4.74 Å². The number of nitrogens with zero attached hydrogens (tertiary/aromatic N) is 1. The van der Waals surface area contributed by atoms with E-state index >= 15 is 0 Å². The number of fused-ring (bicyclic) bond motifs is 1. The summed E-state index contributed by atoms with van der Waals surface area (Å²) in [7, 11) is 1.73. The lowest BCUT2D eigenvalue weighted by molar-refractivity contribution is 0.411. The van der Waals surface area contributed by atoms with Gasteiger partial charge in [0.25, 0.3) is 0 Å². The summed E-state index contributed by atoms with van der Waals surface area (Å²) in [5.74, 6) is 0.965. The summed E-state index contributed by atoms with van der Waals surface area (Å²) in [4.78, 5) is 4.32. The van der Waals surface area contributed by atoms with Gasteiger partial charge in [-0.05, 0) is 42.5 Å². The lowest BCUT2D eigenvalue weighted by Crippen LogP contribution is -2.35. The van der Waals surface area contributed by atoms with Gasteiger partial charge in [-0.25, -0.2) is 4.98 Å². The van der Waals surface area contributed by atoms with Crippen LogP contribution in [0.5, 0.6) is 5.75 Å². The zero-order valence-corrected chi connectivity index (χ0v) is 12.6. The number of aryl methyl sites for hydroxylation is 1. The van der Waals surface area contributed by atoms with Crippen molar-refractivity contribution < 1.29 is 4.74 Å². The lowest BCUT2D eigenvalue weighted by atomic mass is 9.88. The second-order valence-electron chi connectivity index (χ2n) is 5.26. The molecule has 1 aliphatic carbocycles. The molecule has 0 aliphatic heterocycles. The molecule has 3 nitrogen and oxygen atoms in total. The third kappa shape index (κ3) is 3.19. The topological polar surface area (TPSA) is 34.1 Å². The molecule has 1 atom stereocenters. The molecule has 1 unspecified atom stereocenters. The Balaban J connectivity index is 1.55. The first-order chi connectivity index (χ1) is 9.85. The summed E-state index contributed by atoms with van der Waals surface area (Å²) in [5.41, 5.74) is 6.00. The van der Waals surface area contributed by atoms with Crippen LogP contribution in [-0.4, -0.2) is 24.7 Å². The minimum atomic E-state index is 0.577. The summed E-state index contributed by atoms with van der Waals surface area (Å²) in [6.45, 7) is 1.01. The molecule has 4 heteroatoms. The highest BCUT2D eigenvalue weighted by atomic mass is 32.1. The zero-order valence-electron chi connectivity index (χ0n) is 11.8. The Hall–Kier alpha value is -1.39. The fraction of sp³-hybridized carbons (Fsp3) is 0.438. The van der Waals surface area contributed by atoms with Crippen LogP contribution in [0.1, 0.15) is 23.2 Å². The normalized spacial score (nSPS) is 17.8. The van der Waals surface area contributed by atoms with Gasteiger partial charge in [-0.2, -0.15) is 0 Å². The molecule has 0 amide bonds. The first-order valence-corrected chi connectivity index (χ1v) is 8.05. The van der Waals surface area contributed by atoms with Crippen LogP contribution in [-0.2, 0) is 19.3 Å². The molecule has 0 saturated carbocycles. The SMILES string of the molecule is COc1ccc2c(c1)CC(NCCc1cscn1)CC2. The minimum absolute atomic E-state index is 0.577. The van der Waals surface area contributed by atoms with Crippen LogP contribution in [0.15, 0.2) is 29.1 Å². The van der Waals surface area contributed by atoms with Gasteiger partial charge in [-0.15, -0.1) is 11.3 Å². The Morgan fingerprint density at radius 2 is 2.35 bits per heavy atom. The molecule has 2 aromatic rings. The molecule has 0 bridgehead atoms. The van der Waals surface area contributed by atoms with Crippen molar-refractivity contribution in [1.29, 1.82) is 0 Å². The molecular weight excluding hydrogens is 268 g/mol. The molecule has 1 heterocycles. The average Bonchev–Trinajstić information content (AvgIpc) is 3.00. The molecule has 1 aromatic carbocycles. The van der Waals surface area contributed by atoms with Gasteiger partial charge in [0.1, 0.15) is 5.75 Å². The zero-order chi connectivity index (χ0) is 13.8. The molecular formula is C16H20N2OS. The van der Waals surface area contributed by atoms with Gasteiger partial charge >= 0.3 is 0 Å². The molecule has 1 aliphatic rings. The first-order valence-electron chi connectivity index (χ1n) is 7.11. The molecule has 3 rings (SSSR count). The van der Waals surface area contributed by atoms with Crippen LogP contribution in [0, 0.1) is 0 Å². The molecule has 106 valence electrons. The third-order valence-corrected chi connectivity index (χ3v) is 4.57. The number of hydrogen-bond donors (Lipinski definition) is 1. The number of rotatable bonds is 5. The fourth-order valence-electron chi connectivity index (χ4n) is 2.80. The predicted octanol–water partition coefficient (Wildman–Crippen LogP) is 2.84. The Bertz CT molecular complexity index is 554. The van der Waals surface area contributed by atoms with E-state index in [2.05, 4.69) is 33.9 Å². The van der Waals surface area contributed by atoms with Gasteiger partial charge < -0.3 is 10.1 Å². The lowest BCUT2D eigenvalue weighted by Gasteiger charge is -2.26. The van der Waals surface area contributed by atoms with Crippen LogP contribution >= 0.6 is 11.3 Å². The summed E-state index contributed by atoms with van der Waals surface area (Å²) < 4.78 is 5.32. The van der Waals surface area contributed by atoms with Gasteiger partial charge in [0, 0.05) is 24.4 Å². The summed E-state index contributed by atoms with van der Waals surface area (Å²) in [6, 6.07) is 7.03. The van der Waals surface area contributed by atoms with E-state index in [-0.39, 0.29) is 0 Å². The number of aromatic nitrogens is 1. The van der Waals surface area contributed by atoms with Crippen molar-refractivity contribution in [1.82, 2.24) is 10.3 Å². The maximum absolute atomic E-state index is 5.32. The predicted molar refractivity (Wildman–Crippen MR) is 82.6 cm³/mol. The number of thiazole rings is 1. The van der Waals surface area contributed by atoms with Crippen molar-refractivity contribution in [2.75, 3.05) is 13.7 Å². The molecule has 20 heavy (non-hydrogen) atoms. The molecule has 0 fully saturated rings. The summed E-state index contributed by atoms with van der Waals surface area (Å²) >= 11 is 1.67. The molecule has 0 saturated heterocycles. The van der Waals surface area contributed by atoms with Crippen molar-refractivity contribution >= 4 is 11.3 Å². The van der Waals surface area contributed by atoms with Crippen LogP contribution in [0.2, 0.25) is 0 Å². The van der Waals surface area contributed by atoms with Crippen molar-refractivity contribution in [3.8, 4) is 5.75 Å². The second kappa shape index (κ2) is 6.37. The summed E-state index contributed by atoms with van der Waals surface area (Å²) in [6.07, 6.45) is 4.50. The van der Waals surface area contributed by atoms with Crippen LogP contribution in [0.4, 0.5) is 0 Å². The fourth-order valence-corrected chi connectivity index (χ4v) is 3.39. The number of nitrogens with one attached hydrogen (secondary N) is 1. The summed E-state index contributed by atoms with van der Waals surface area (Å²) in [5, 5.41) is 5.79. The van der Waals surface area contributed by atoms with Crippen molar-refractivity contribution in [2.45, 2.75) is 31.7 Å². The first kappa shape index (κ1) is 13.6. The van der Waals surface area contributed by atoms with Crippen molar-refractivity contribution in [2.24, 2.45) is 0 Å². The van der Waals surface area contributed by atoms with Gasteiger partial charge in [0.2, 0.25) is 0 Å². The standard InChI is InChI=1S/C16H20N2OS/c1-19-16-5-3-12-2-4-14(8-13(12)9-16)17-7-6-15-10-20-11-18-15/h3,5,9-11,14,17H,2,4,6-8H2,1H3. The van der Waals surface area contributed by atoms with Crippen LogP contribution < -0.4 is 10.1 Å². The van der Waals surface area contributed by atoms with Gasteiger partial charge in [0.05, 0.1) is 18.3 Å². The third-order valence-electron chi connectivity index (χ3n) is 3.94. The number of benzene rings is 1. The molecule has 0 radical (unpaired) electrons. The van der Waals surface area contributed by atoms with Gasteiger partial charge in [0.15, 0.2) is 0 Å². The largest absolute Gasteiger partial charge is 0.497 e. The molecule has 0 spiro atoms. The Morgan fingerprint density at radius 3 is 3.15 bits per heavy atom. The van der Waals surface area contributed by atoms with Crippen LogP contribution in [0.3, 0.4) is 0 Å². The highest BCUT2D eigenvalue weighted by Crippen LogP contribution is 2.25. The second-order valence-corrected chi connectivity index (χ2v) is 5.98. The smallest absolute Gasteiger partial charge is 0.119 e. The maximum Gasteiger partial charge on any atom is 0.119 e. The highest BCUT2D eigenvalue weighted by Gasteiger charge is 2.18. The van der Waals surface area contributed by atoms with E-state index < -0.39 is 0 Å². The molecule has 1 aromatic heterocycles.